The van der Waals surface area contributed by atoms with E-state index < -0.39 is 11.8 Å². The van der Waals surface area contributed by atoms with Crippen LogP contribution in [0.3, 0.4) is 0 Å². The minimum absolute atomic E-state index is 0.0306. The van der Waals surface area contributed by atoms with Crippen LogP contribution in [0, 0.1) is 12.7 Å². The number of nitrogens with two attached hydrogens (primary N) is 1. The van der Waals surface area contributed by atoms with Gasteiger partial charge < -0.3 is 15.6 Å². The van der Waals surface area contributed by atoms with Gasteiger partial charge in [0, 0.05) is 5.69 Å². The Morgan fingerprint density at radius 3 is 2.63 bits per heavy atom. The number of anilines is 1. The van der Waals surface area contributed by atoms with Gasteiger partial charge in [-0.05, 0) is 36.8 Å². The predicted octanol–water partition coefficient (Wildman–Crippen LogP) is 3.21. The van der Waals surface area contributed by atoms with Gasteiger partial charge in [-0.15, -0.1) is 0 Å². The maximum atomic E-state index is 13.4. The molecule has 0 aliphatic carbocycles. The lowest BCUT2D eigenvalue weighted by molar-refractivity contribution is 0.0697. The summed E-state index contributed by atoms with van der Waals surface area (Å²) in [6.45, 7) is 1.66. The molecule has 0 aliphatic rings. The molecule has 0 spiro atoms. The number of benzene rings is 2. The molecule has 4 nitrogen and oxygen atoms in total. The van der Waals surface area contributed by atoms with Gasteiger partial charge in [-0.25, -0.2) is 9.18 Å². The number of aromatic carboxylic acids is 1. The number of hydrogen-bond donors (Lipinski definition) is 2. The molecular formula is C14H12FNO3. The molecule has 2 aromatic rings. The first-order valence-electron chi connectivity index (χ1n) is 5.55. The Labute approximate surface area is 109 Å². The molecule has 0 fully saturated rings. The van der Waals surface area contributed by atoms with E-state index in [1.54, 1.807) is 25.1 Å². The Morgan fingerprint density at radius 1 is 1.32 bits per heavy atom. The lowest BCUT2D eigenvalue weighted by atomic mass is 10.1. The van der Waals surface area contributed by atoms with Crippen molar-refractivity contribution in [3.05, 3.63) is 53.3 Å². The largest absolute Gasteiger partial charge is 0.478 e. The zero-order valence-electron chi connectivity index (χ0n) is 10.2. The van der Waals surface area contributed by atoms with Crippen molar-refractivity contribution in [3.63, 3.8) is 0 Å². The van der Waals surface area contributed by atoms with E-state index in [0.717, 1.165) is 0 Å². The zero-order chi connectivity index (χ0) is 14.0. The Balaban J connectivity index is 2.42. The summed E-state index contributed by atoms with van der Waals surface area (Å²) < 4.78 is 18.8. The highest BCUT2D eigenvalue weighted by atomic mass is 19.1. The number of hydrogen-bond acceptors (Lipinski definition) is 3. The molecule has 98 valence electrons. The molecule has 0 heterocycles. The monoisotopic (exact) mass is 261 g/mol. The topological polar surface area (TPSA) is 72.5 Å². The summed E-state index contributed by atoms with van der Waals surface area (Å²) in [5, 5.41) is 9.03. The third-order valence-corrected chi connectivity index (χ3v) is 2.66. The van der Waals surface area contributed by atoms with Crippen LogP contribution in [0.5, 0.6) is 11.5 Å². The zero-order valence-corrected chi connectivity index (χ0v) is 10.2. The number of aryl methyl sites for hydroxylation is 1. The van der Waals surface area contributed by atoms with E-state index in [9.17, 15) is 9.18 Å². The number of para-hydroxylation sites is 1. The number of halogens is 1. The molecule has 0 saturated heterocycles. The van der Waals surface area contributed by atoms with Gasteiger partial charge in [0.2, 0.25) is 0 Å². The Bertz CT molecular complexity index is 641. The second-order valence-electron chi connectivity index (χ2n) is 4.04. The predicted molar refractivity (Wildman–Crippen MR) is 69.0 cm³/mol. The van der Waals surface area contributed by atoms with Crippen molar-refractivity contribution < 1.29 is 19.0 Å². The molecule has 0 amide bonds. The lowest BCUT2D eigenvalue weighted by Crippen LogP contribution is -2.04. The number of rotatable bonds is 3. The van der Waals surface area contributed by atoms with Gasteiger partial charge in [0.05, 0.1) is 5.56 Å². The van der Waals surface area contributed by atoms with Crippen LogP contribution in [0.2, 0.25) is 0 Å². The fourth-order valence-electron chi connectivity index (χ4n) is 1.66. The first kappa shape index (κ1) is 12.9. The van der Waals surface area contributed by atoms with Crippen LogP contribution < -0.4 is 10.5 Å². The average Bonchev–Trinajstić information content (AvgIpc) is 2.36. The van der Waals surface area contributed by atoms with Crippen molar-refractivity contribution in [1.29, 1.82) is 0 Å². The van der Waals surface area contributed by atoms with E-state index >= 15 is 0 Å². The van der Waals surface area contributed by atoms with Crippen molar-refractivity contribution in [2.45, 2.75) is 6.92 Å². The van der Waals surface area contributed by atoms with Gasteiger partial charge in [-0.1, -0.05) is 12.1 Å². The molecule has 2 rings (SSSR count). The molecule has 0 unspecified atom stereocenters. The number of carboxylic acid groups (broad SMARTS) is 1. The van der Waals surface area contributed by atoms with Crippen LogP contribution in [-0.2, 0) is 0 Å². The number of ether oxygens (including phenoxy) is 1. The van der Waals surface area contributed by atoms with Crippen molar-refractivity contribution >= 4 is 11.7 Å². The van der Waals surface area contributed by atoms with E-state index in [2.05, 4.69) is 0 Å². The van der Waals surface area contributed by atoms with Crippen LogP contribution in [0.15, 0.2) is 36.4 Å². The first-order chi connectivity index (χ1) is 8.99. The van der Waals surface area contributed by atoms with E-state index in [4.69, 9.17) is 15.6 Å². The highest BCUT2D eigenvalue weighted by Gasteiger charge is 2.13. The second-order valence-corrected chi connectivity index (χ2v) is 4.04. The quantitative estimate of drug-likeness (QED) is 0.832. The molecule has 5 heteroatoms. The van der Waals surface area contributed by atoms with Crippen LogP contribution in [0.4, 0.5) is 10.1 Å². The smallest absolute Gasteiger partial charge is 0.337 e. The molecule has 0 radical (unpaired) electrons. The molecule has 19 heavy (non-hydrogen) atoms. The summed E-state index contributed by atoms with van der Waals surface area (Å²) in [6, 6.07) is 8.73. The van der Waals surface area contributed by atoms with Gasteiger partial charge in [-0.3, -0.25) is 0 Å². The van der Waals surface area contributed by atoms with Crippen molar-refractivity contribution in [1.82, 2.24) is 0 Å². The first-order valence-corrected chi connectivity index (χ1v) is 5.55. The lowest BCUT2D eigenvalue weighted by Gasteiger charge is -2.11. The highest BCUT2D eigenvalue weighted by Crippen LogP contribution is 2.29. The second kappa shape index (κ2) is 4.97. The van der Waals surface area contributed by atoms with E-state index in [1.807, 2.05) is 0 Å². The standard InChI is InChI=1S/C14H12FNO3/c1-8-6-9(7-10(13(8)16)14(17)18)19-12-5-3-2-4-11(12)15/h2-7H,16H2,1H3,(H,17,18). The van der Waals surface area contributed by atoms with Gasteiger partial charge >= 0.3 is 5.97 Å². The number of carboxylic acids is 1. The summed E-state index contributed by atoms with van der Waals surface area (Å²) in [5.41, 5.74) is 6.34. The molecule has 0 aromatic heterocycles. The SMILES string of the molecule is Cc1cc(Oc2ccccc2F)cc(C(=O)O)c1N. The van der Waals surface area contributed by atoms with Gasteiger partial charge in [-0.2, -0.15) is 0 Å². The normalized spacial score (nSPS) is 10.2. The molecule has 0 saturated carbocycles. The van der Waals surface area contributed by atoms with Crippen LogP contribution in [0.1, 0.15) is 15.9 Å². The maximum absolute atomic E-state index is 13.4. The summed E-state index contributed by atoms with van der Waals surface area (Å²) in [4.78, 5) is 11.0. The Morgan fingerprint density at radius 2 is 2.00 bits per heavy atom. The van der Waals surface area contributed by atoms with E-state index in [0.29, 0.717) is 5.56 Å². The Hall–Kier alpha value is -2.56. The third-order valence-electron chi connectivity index (χ3n) is 2.66. The molecule has 0 bridgehead atoms. The van der Waals surface area contributed by atoms with Gasteiger partial charge in [0.1, 0.15) is 5.75 Å². The van der Waals surface area contributed by atoms with Gasteiger partial charge in [0.15, 0.2) is 11.6 Å². The summed E-state index contributed by atoms with van der Waals surface area (Å²) in [7, 11) is 0. The van der Waals surface area contributed by atoms with Crippen molar-refractivity contribution in [3.8, 4) is 11.5 Å². The van der Waals surface area contributed by atoms with Crippen molar-refractivity contribution in [2.24, 2.45) is 0 Å². The third kappa shape index (κ3) is 2.65. The summed E-state index contributed by atoms with van der Waals surface area (Å²) >= 11 is 0. The average molecular weight is 261 g/mol. The van der Waals surface area contributed by atoms with Crippen LogP contribution in [-0.4, -0.2) is 11.1 Å². The molecule has 0 aliphatic heterocycles. The Kier molecular flexibility index (Phi) is 3.37. The highest BCUT2D eigenvalue weighted by molar-refractivity contribution is 5.95. The van der Waals surface area contributed by atoms with E-state index in [-0.39, 0.29) is 22.7 Å². The molecule has 2 aromatic carbocycles. The summed E-state index contributed by atoms with van der Waals surface area (Å²) in [5.74, 6) is -1.41. The number of nitrogen functional groups attached to an aromatic ring is 1. The molecule has 0 atom stereocenters. The minimum Gasteiger partial charge on any atom is -0.478 e. The summed E-state index contributed by atoms with van der Waals surface area (Å²) in [6.07, 6.45) is 0. The molecule has 3 N–H and O–H groups in total. The molecular weight excluding hydrogens is 249 g/mol. The van der Waals surface area contributed by atoms with Gasteiger partial charge in [0.25, 0.3) is 0 Å². The fraction of sp³-hybridized carbons (Fsp3) is 0.0714. The number of carbonyl (C=O) groups is 1. The minimum atomic E-state index is -1.15. The van der Waals surface area contributed by atoms with Crippen molar-refractivity contribution in [2.75, 3.05) is 5.73 Å². The van der Waals surface area contributed by atoms with Crippen LogP contribution in [0.25, 0.3) is 0 Å². The van der Waals surface area contributed by atoms with E-state index in [1.165, 1.54) is 18.2 Å². The maximum Gasteiger partial charge on any atom is 0.337 e. The fourth-order valence-corrected chi connectivity index (χ4v) is 1.66. The van der Waals surface area contributed by atoms with Crippen LogP contribution >= 0.6 is 0 Å².